The van der Waals surface area contributed by atoms with E-state index in [2.05, 4.69) is 26.7 Å². The number of carbonyl (C=O) groups excluding carboxylic acids is 1. The fourth-order valence-corrected chi connectivity index (χ4v) is 4.22. The third-order valence-corrected chi connectivity index (χ3v) is 5.91. The predicted octanol–water partition coefficient (Wildman–Crippen LogP) is 4.69. The Kier molecular flexibility index (Phi) is 4.68. The zero-order valence-electron chi connectivity index (χ0n) is 17.7. The fourth-order valence-electron chi connectivity index (χ4n) is 4.22. The van der Waals surface area contributed by atoms with Gasteiger partial charge in [0.15, 0.2) is 11.5 Å². The highest BCUT2D eigenvalue weighted by molar-refractivity contribution is 5.90. The molecular formula is C25H21N5O3. The molecule has 0 unspecified atom stereocenters. The molecule has 0 saturated carbocycles. The van der Waals surface area contributed by atoms with Gasteiger partial charge in [0.25, 0.3) is 0 Å². The maximum absolute atomic E-state index is 12.9. The molecule has 2 aromatic carbocycles. The van der Waals surface area contributed by atoms with Gasteiger partial charge in [-0.3, -0.25) is 4.98 Å². The maximum atomic E-state index is 12.9. The van der Waals surface area contributed by atoms with Gasteiger partial charge in [-0.15, -0.1) is 0 Å². The van der Waals surface area contributed by atoms with Crippen LogP contribution < -0.4 is 20.1 Å². The van der Waals surface area contributed by atoms with Crippen LogP contribution in [0.1, 0.15) is 11.1 Å². The summed E-state index contributed by atoms with van der Waals surface area (Å²) in [5, 5.41) is 7.44. The largest absolute Gasteiger partial charge is 0.454 e. The summed E-state index contributed by atoms with van der Waals surface area (Å²) in [4.78, 5) is 23.8. The van der Waals surface area contributed by atoms with Crippen molar-refractivity contribution in [3.63, 3.8) is 0 Å². The molecule has 0 saturated heterocycles. The van der Waals surface area contributed by atoms with Gasteiger partial charge in [-0.05, 0) is 42.3 Å². The lowest BCUT2D eigenvalue weighted by atomic mass is 10.0. The van der Waals surface area contributed by atoms with Crippen LogP contribution >= 0.6 is 0 Å². The number of amides is 2. The normalized spacial score (nSPS) is 14.1. The van der Waals surface area contributed by atoms with Gasteiger partial charge in [-0.25, -0.2) is 9.78 Å². The molecule has 4 heterocycles. The first-order chi connectivity index (χ1) is 16.2. The molecular weight excluding hydrogens is 418 g/mol. The third kappa shape index (κ3) is 3.76. The molecule has 0 fully saturated rings. The van der Waals surface area contributed by atoms with Gasteiger partial charge in [0.2, 0.25) is 6.79 Å². The highest BCUT2D eigenvalue weighted by Crippen LogP contribution is 2.34. The van der Waals surface area contributed by atoms with E-state index < -0.39 is 0 Å². The number of para-hydroxylation sites is 1. The highest BCUT2D eigenvalue weighted by Gasteiger charge is 2.24. The quantitative estimate of drug-likeness (QED) is 0.481. The lowest BCUT2D eigenvalue weighted by molar-refractivity contribution is 0.174. The lowest BCUT2D eigenvalue weighted by Gasteiger charge is -2.30. The molecule has 2 aliphatic rings. The zero-order valence-corrected chi connectivity index (χ0v) is 17.7. The molecule has 8 nitrogen and oxygen atoms in total. The van der Waals surface area contributed by atoms with Gasteiger partial charge in [0, 0.05) is 42.0 Å². The van der Waals surface area contributed by atoms with Crippen molar-refractivity contribution in [1.82, 2.24) is 14.9 Å². The number of hydrogen-bond acceptors (Lipinski definition) is 6. The van der Waals surface area contributed by atoms with Crippen LogP contribution in [0.4, 0.5) is 22.0 Å². The Morgan fingerprint density at radius 2 is 1.88 bits per heavy atom. The number of carbonyl (C=O) groups is 1. The highest BCUT2D eigenvalue weighted by atomic mass is 16.7. The summed E-state index contributed by atoms with van der Waals surface area (Å²) in [5.74, 6) is 2.14. The molecule has 0 bridgehead atoms. The van der Waals surface area contributed by atoms with Crippen LogP contribution in [0, 0.1) is 0 Å². The minimum absolute atomic E-state index is 0.149. The number of hydrogen-bond donors (Lipinski definition) is 2. The second-order valence-electron chi connectivity index (χ2n) is 8.01. The van der Waals surface area contributed by atoms with Crippen molar-refractivity contribution in [2.45, 2.75) is 13.0 Å². The van der Waals surface area contributed by atoms with Crippen molar-refractivity contribution in [1.29, 1.82) is 0 Å². The van der Waals surface area contributed by atoms with Crippen molar-refractivity contribution in [3.8, 4) is 11.5 Å². The number of anilines is 3. The fraction of sp³-hybridized carbons (Fsp3) is 0.160. The Hall–Kier alpha value is -4.33. The molecule has 164 valence electrons. The number of ether oxygens (including phenoxy) is 2. The van der Waals surface area contributed by atoms with Gasteiger partial charge in [0.05, 0.1) is 17.4 Å². The summed E-state index contributed by atoms with van der Waals surface area (Å²) >= 11 is 0. The first-order valence-corrected chi connectivity index (χ1v) is 10.8. The SMILES string of the molecule is O=C(Nc1ccc2c(c1)OCO2)N1CCc2c(ccnc2Nc2cnc3ccccc3c2)C1. The first kappa shape index (κ1) is 19.4. The molecule has 4 aromatic rings. The molecule has 2 aromatic heterocycles. The Balaban J connectivity index is 1.18. The number of benzene rings is 2. The molecule has 2 aliphatic heterocycles. The predicted molar refractivity (Wildman–Crippen MR) is 125 cm³/mol. The average Bonchev–Trinajstić information content (AvgIpc) is 3.32. The van der Waals surface area contributed by atoms with Gasteiger partial charge < -0.3 is 25.0 Å². The van der Waals surface area contributed by atoms with E-state index in [1.807, 2.05) is 42.6 Å². The number of fused-ring (bicyclic) bond motifs is 3. The minimum Gasteiger partial charge on any atom is -0.454 e. The summed E-state index contributed by atoms with van der Waals surface area (Å²) < 4.78 is 10.7. The van der Waals surface area contributed by atoms with Crippen molar-refractivity contribution < 1.29 is 14.3 Å². The van der Waals surface area contributed by atoms with E-state index in [4.69, 9.17) is 9.47 Å². The van der Waals surface area contributed by atoms with E-state index in [-0.39, 0.29) is 12.8 Å². The molecule has 2 amide bonds. The van der Waals surface area contributed by atoms with Crippen molar-refractivity contribution in [2.24, 2.45) is 0 Å². The monoisotopic (exact) mass is 439 g/mol. The standard InChI is InChI=1S/C25H21N5O3/c31-25(29-18-5-6-22-23(12-18)33-15-32-22)30-10-8-20-17(14-30)7-9-26-24(20)28-19-11-16-3-1-2-4-21(16)27-13-19/h1-7,9,11-13H,8,10,14-15H2,(H,26,28)(H,29,31). The maximum Gasteiger partial charge on any atom is 0.322 e. The van der Waals surface area contributed by atoms with Crippen molar-refractivity contribution in [3.05, 3.63) is 78.1 Å². The van der Waals surface area contributed by atoms with E-state index in [0.717, 1.165) is 33.5 Å². The Morgan fingerprint density at radius 1 is 0.970 bits per heavy atom. The number of aromatic nitrogens is 2. The van der Waals surface area contributed by atoms with E-state index in [1.165, 1.54) is 0 Å². The number of rotatable bonds is 3. The number of urea groups is 1. The molecule has 0 spiro atoms. The number of nitrogens with zero attached hydrogens (tertiary/aromatic N) is 3. The molecule has 0 radical (unpaired) electrons. The molecule has 33 heavy (non-hydrogen) atoms. The van der Waals surface area contributed by atoms with Gasteiger partial charge in [-0.1, -0.05) is 18.2 Å². The smallest absolute Gasteiger partial charge is 0.322 e. The first-order valence-electron chi connectivity index (χ1n) is 10.8. The summed E-state index contributed by atoms with van der Waals surface area (Å²) in [6, 6.07) is 17.3. The summed E-state index contributed by atoms with van der Waals surface area (Å²) in [5.41, 5.74) is 4.72. The third-order valence-electron chi connectivity index (χ3n) is 5.91. The minimum atomic E-state index is -0.149. The molecule has 8 heteroatoms. The van der Waals surface area contributed by atoms with Crippen molar-refractivity contribution in [2.75, 3.05) is 24.0 Å². The van der Waals surface area contributed by atoms with E-state index in [1.54, 1.807) is 23.2 Å². The lowest BCUT2D eigenvalue weighted by Crippen LogP contribution is -2.39. The topological polar surface area (TPSA) is 88.6 Å². The number of nitrogens with one attached hydrogen (secondary N) is 2. The zero-order chi connectivity index (χ0) is 22.2. The van der Waals surface area contributed by atoms with Crippen LogP contribution in [-0.4, -0.2) is 34.2 Å². The van der Waals surface area contributed by atoms with Crippen LogP contribution in [0.2, 0.25) is 0 Å². The number of pyridine rings is 2. The van der Waals surface area contributed by atoms with E-state index in [0.29, 0.717) is 36.7 Å². The van der Waals surface area contributed by atoms with Crippen molar-refractivity contribution >= 4 is 34.1 Å². The summed E-state index contributed by atoms with van der Waals surface area (Å²) in [6.07, 6.45) is 4.30. The Labute approximate surface area is 190 Å². The van der Waals surface area contributed by atoms with Gasteiger partial charge >= 0.3 is 6.03 Å². The van der Waals surface area contributed by atoms with Gasteiger partial charge in [0.1, 0.15) is 5.82 Å². The average molecular weight is 439 g/mol. The van der Waals surface area contributed by atoms with E-state index in [9.17, 15) is 4.79 Å². The van der Waals surface area contributed by atoms with Crippen LogP contribution in [0.15, 0.2) is 67.0 Å². The molecule has 2 N–H and O–H groups in total. The molecule has 6 rings (SSSR count). The van der Waals surface area contributed by atoms with Crippen LogP contribution in [-0.2, 0) is 13.0 Å². The Morgan fingerprint density at radius 3 is 2.85 bits per heavy atom. The second-order valence-corrected chi connectivity index (χ2v) is 8.01. The van der Waals surface area contributed by atoms with Gasteiger partial charge in [-0.2, -0.15) is 0 Å². The van der Waals surface area contributed by atoms with Crippen LogP contribution in [0.5, 0.6) is 11.5 Å². The second kappa shape index (κ2) is 7.98. The van der Waals surface area contributed by atoms with E-state index >= 15 is 0 Å². The van der Waals surface area contributed by atoms with Crippen LogP contribution in [0.25, 0.3) is 10.9 Å². The summed E-state index contributed by atoms with van der Waals surface area (Å²) in [7, 11) is 0. The molecule has 0 atom stereocenters. The Bertz CT molecular complexity index is 1370. The summed E-state index contributed by atoms with van der Waals surface area (Å²) in [6.45, 7) is 1.31. The molecule has 0 aliphatic carbocycles. The van der Waals surface area contributed by atoms with Crippen LogP contribution in [0.3, 0.4) is 0 Å².